The number of nitrogens with one attached hydrogen (secondary N) is 1. The fourth-order valence-corrected chi connectivity index (χ4v) is 1.58. The van der Waals surface area contributed by atoms with Crippen molar-refractivity contribution in [2.24, 2.45) is 5.41 Å². The van der Waals surface area contributed by atoms with Crippen LogP contribution >= 0.6 is 0 Å². The van der Waals surface area contributed by atoms with Crippen molar-refractivity contribution in [2.75, 3.05) is 13.7 Å². The molecule has 1 N–H and O–H groups in total. The van der Waals surface area contributed by atoms with Crippen LogP contribution in [0.2, 0.25) is 0 Å². The summed E-state index contributed by atoms with van der Waals surface area (Å²) in [7, 11) is 1.41. The van der Waals surface area contributed by atoms with Crippen molar-refractivity contribution in [1.29, 1.82) is 0 Å². The molecule has 0 aliphatic rings. The second-order valence-electron chi connectivity index (χ2n) is 4.94. The van der Waals surface area contributed by atoms with Crippen molar-refractivity contribution in [3.63, 3.8) is 0 Å². The molecule has 1 atom stereocenters. The molecule has 0 saturated carbocycles. The third-order valence-corrected chi connectivity index (χ3v) is 2.72. The molecule has 1 rings (SSSR count). The van der Waals surface area contributed by atoms with Crippen LogP contribution in [0.3, 0.4) is 0 Å². The van der Waals surface area contributed by atoms with Gasteiger partial charge in [0.1, 0.15) is 5.76 Å². The monoisotopic (exact) mass is 239 g/mol. The van der Waals surface area contributed by atoms with Crippen molar-refractivity contribution >= 4 is 5.97 Å². The highest BCUT2D eigenvalue weighted by Crippen LogP contribution is 2.16. The summed E-state index contributed by atoms with van der Waals surface area (Å²) in [4.78, 5) is 11.5. The molecule has 1 aromatic heterocycles. The highest BCUT2D eigenvalue weighted by atomic mass is 16.5. The number of carbonyl (C=O) groups is 1. The van der Waals surface area contributed by atoms with Crippen LogP contribution in [0.4, 0.5) is 0 Å². The van der Waals surface area contributed by atoms with Gasteiger partial charge in [0, 0.05) is 19.0 Å². The van der Waals surface area contributed by atoms with Gasteiger partial charge in [-0.1, -0.05) is 0 Å². The Bertz CT molecular complexity index is 344. The Hall–Kier alpha value is -1.29. The van der Waals surface area contributed by atoms with Crippen LogP contribution in [-0.2, 0) is 16.0 Å². The first-order valence-electron chi connectivity index (χ1n) is 5.80. The average Bonchev–Trinajstić information content (AvgIpc) is 2.78. The topological polar surface area (TPSA) is 51.5 Å². The number of methoxy groups -OCH3 is 1. The Morgan fingerprint density at radius 3 is 2.82 bits per heavy atom. The largest absolute Gasteiger partial charge is 0.469 e. The van der Waals surface area contributed by atoms with E-state index in [1.807, 2.05) is 26.0 Å². The zero-order chi connectivity index (χ0) is 12.9. The molecule has 0 aromatic carbocycles. The number of rotatable bonds is 6. The summed E-state index contributed by atoms with van der Waals surface area (Å²) in [5, 5.41) is 3.32. The van der Waals surface area contributed by atoms with Crippen LogP contribution in [0.15, 0.2) is 22.8 Å². The number of ether oxygens (including phenoxy) is 1. The Balaban J connectivity index is 2.37. The molecule has 1 unspecified atom stereocenters. The normalized spacial score (nSPS) is 13.4. The second kappa shape index (κ2) is 5.87. The predicted octanol–water partition coefficient (Wildman–Crippen LogP) is 2.00. The lowest BCUT2D eigenvalue weighted by Gasteiger charge is -2.24. The summed E-state index contributed by atoms with van der Waals surface area (Å²) in [6, 6.07) is 4.08. The van der Waals surface area contributed by atoms with Crippen molar-refractivity contribution in [1.82, 2.24) is 5.32 Å². The summed E-state index contributed by atoms with van der Waals surface area (Å²) in [5.74, 6) is 0.746. The van der Waals surface area contributed by atoms with Crippen molar-refractivity contribution < 1.29 is 13.9 Å². The number of hydrogen-bond donors (Lipinski definition) is 1. The molecule has 0 spiro atoms. The van der Waals surface area contributed by atoms with Gasteiger partial charge in [0.05, 0.1) is 18.8 Å². The van der Waals surface area contributed by atoms with E-state index in [4.69, 9.17) is 9.15 Å². The fourth-order valence-electron chi connectivity index (χ4n) is 1.58. The van der Waals surface area contributed by atoms with E-state index in [1.54, 1.807) is 6.26 Å². The molecule has 0 radical (unpaired) electrons. The smallest absolute Gasteiger partial charge is 0.312 e. The van der Waals surface area contributed by atoms with Gasteiger partial charge in [-0.05, 0) is 32.9 Å². The first kappa shape index (κ1) is 13.8. The Morgan fingerprint density at radius 2 is 2.29 bits per heavy atom. The van der Waals surface area contributed by atoms with Gasteiger partial charge in [-0.3, -0.25) is 4.79 Å². The van der Waals surface area contributed by atoms with Crippen LogP contribution in [0, 0.1) is 5.41 Å². The van der Waals surface area contributed by atoms with Crippen molar-refractivity contribution in [2.45, 2.75) is 33.2 Å². The first-order chi connectivity index (χ1) is 7.95. The lowest BCUT2D eigenvalue weighted by atomic mass is 9.93. The van der Waals surface area contributed by atoms with Gasteiger partial charge in [-0.2, -0.15) is 0 Å². The Morgan fingerprint density at radius 1 is 1.59 bits per heavy atom. The minimum absolute atomic E-state index is 0.199. The van der Waals surface area contributed by atoms with Gasteiger partial charge in [-0.25, -0.2) is 0 Å². The minimum Gasteiger partial charge on any atom is -0.469 e. The van der Waals surface area contributed by atoms with E-state index in [0.29, 0.717) is 6.54 Å². The summed E-state index contributed by atoms with van der Waals surface area (Å²) in [6.07, 6.45) is 2.48. The van der Waals surface area contributed by atoms with E-state index < -0.39 is 5.41 Å². The zero-order valence-electron chi connectivity index (χ0n) is 10.9. The molecule has 4 nitrogen and oxygen atoms in total. The third kappa shape index (κ3) is 4.23. The van der Waals surface area contributed by atoms with E-state index in [2.05, 4.69) is 12.2 Å². The molecular formula is C13H21NO3. The maximum absolute atomic E-state index is 11.5. The number of furan rings is 1. The van der Waals surface area contributed by atoms with E-state index in [-0.39, 0.29) is 12.0 Å². The molecular weight excluding hydrogens is 218 g/mol. The molecule has 0 amide bonds. The minimum atomic E-state index is -0.508. The Labute approximate surface area is 102 Å². The third-order valence-electron chi connectivity index (χ3n) is 2.72. The van der Waals surface area contributed by atoms with Gasteiger partial charge in [0.2, 0.25) is 0 Å². The molecule has 0 aliphatic heterocycles. The Kier molecular flexibility index (Phi) is 4.75. The molecule has 0 aliphatic carbocycles. The second-order valence-corrected chi connectivity index (χ2v) is 4.94. The highest BCUT2D eigenvalue weighted by Gasteiger charge is 2.28. The van der Waals surface area contributed by atoms with E-state index >= 15 is 0 Å². The molecule has 0 fully saturated rings. The molecule has 0 bridgehead atoms. The van der Waals surface area contributed by atoms with Crippen molar-refractivity contribution in [3.05, 3.63) is 24.2 Å². The van der Waals surface area contributed by atoms with Crippen molar-refractivity contribution in [3.8, 4) is 0 Å². The molecule has 96 valence electrons. The molecule has 1 aromatic rings. The fraction of sp³-hybridized carbons (Fsp3) is 0.615. The van der Waals surface area contributed by atoms with Crippen LogP contribution in [-0.4, -0.2) is 25.7 Å². The van der Waals surface area contributed by atoms with E-state index in [1.165, 1.54) is 7.11 Å². The van der Waals surface area contributed by atoms with Gasteiger partial charge < -0.3 is 14.5 Å². The summed E-state index contributed by atoms with van der Waals surface area (Å²) < 4.78 is 10.0. The lowest BCUT2D eigenvalue weighted by molar-refractivity contribution is -0.150. The van der Waals surface area contributed by atoms with E-state index in [0.717, 1.165) is 12.2 Å². The molecule has 4 heteroatoms. The predicted molar refractivity (Wildman–Crippen MR) is 65.7 cm³/mol. The highest BCUT2D eigenvalue weighted by molar-refractivity contribution is 5.76. The summed E-state index contributed by atoms with van der Waals surface area (Å²) in [5.41, 5.74) is -0.508. The first-order valence-corrected chi connectivity index (χ1v) is 5.80. The standard InChI is InChI=1S/C13H21NO3/c1-10(8-11-6-5-7-17-11)14-9-13(2,3)12(15)16-4/h5-7,10,14H,8-9H2,1-4H3. The van der Waals surface area contributed by atoms with Gasteiger partial charge in [0.15, 0.2) is 0 Å². The number of esters is 1. The maximum atomic E-state index is 11.5. The lowest BCUT2D eigenvalue weighted by Crippen LogP contribution is -2.41. The van der Waals surface area contributed by atoms with Crippen LogP contribution in [0.25, 0.3) is 0 Å². The number of hydrogen-bond acceptors (Lipinski definition) is 4. The summed E-state index contributed by atoms with van der Waals surface area (Å²) in [6.45, 7) is 6.38. The average molecular weight is 239 g/mol. The molecule has 1 heterocycles. The summed E-state index contributed by atoms with van der Waals surface area (Å²) >= 11 is 0. The van der Waals surface area contributed by atoms with Gasteiger partial charge >= 0.3 is 5.97 Å². The van der Waals surface area contributed by atoms with Crippen LogP contribution < -0.4 is 5.32 Å². The SMILES string of the molecule is COC(=O)C(C)(C)CNC(C)Cc1ccco1. The van der Waals surface area contributed by atoms with Crippen LogP contribution in [0.5, 0.6) is 0 Å². The molecule has 17 heavy (non-hydrogen) atoms. The van der Waals surface area contributed by atoms with Gasteiger partial charge in [-0.15, -0.1) is 0 Å². The van der Waals surface area contributed by atoms with Crippen LogP contribution in [0.1, 0.15) is 26.5 Å². The zero-order valence-corrected chi connectivity index (χ0v) is 10.9. The maximum Gasteiger partial charge on any atom is 0.312 e. The quantitative estimate of drug-likeness (QED) is 0.771. The van der Waals surface area contributed by atoms with Gasteiger partial charge in [0.25, 0.3) is 0 Å². The number of carbonyl (C=O) groups excluding carboxylic acids is 1. The van der Waals surface area contributed by atoms with E-state index in [9.17, 15) is 4.79 Å². The molecule has 0 saturated heterocycles.